The van der Waals surface area contributed by atoms with Crippen LogP contribution in [0.4, 0.5) is 4.79 Å². The van der Waals surface area contributed by atoms with Crippen LogP contribution in [0.1, 0.15) is 30.9 Å². The van der Waals surface area contributed by atoms with E-state index in [1.54, 1.807) is 11.8 Å². The quantitative estimate of drug-likeness (QED) is 0.741. The van der Waals surface area contributed by atoms with E-state index in [1.807, 2.05) is 31.2 Å². The summed E-state index contributed by atoms with van der Waals surface area (Å²) in [5, 5.41) is 2.76. The van der Waals surface area contributed by atoms with Crippen LogP contribution < -0.4 is 11.1 Å². The van der Waals surface area contributed by atoms with Gasteiger partial charge in [-0.15, -0.1) is 12.4 Å². The molecular formula is C20H27ClN4O3. The van der Waals surface area contributed by atoms with E-state index in [0.29, 0.717) is 30.5 Å². The van der Waals surface area contributed by atoms with E-state index in [0.717, 1.165) is 23.3 Å². The minimum atomic E-state index is -1.14. The first-order valence-electron chi connectivity index (χ1n) is 9.54. The second-order valence-electron chi connectivity index (χ2n) is 8.28. The number of amides is 4. The van der Waals surface area contributed by atoms with E-state index in [2.05, 4.69) is 5.32 Å². The Morgan fingerprint density at radius 1 is 1.21 bits per heavy atom. The highest BCUT2D eigenvalue weighted by atomic mass is 35.5. The molecule has 4 unspecified atom stereocenters. The molecule has 2 aliphatic heterocycles. The molecule has 3 fully saturated rings. The molecule has 3 N–H and O–H groups in total. The standard InChI is InChI=1S/C20H26N4O3.ClH/c1-12-3-6-14(7-4-12)20(2)18(26)24(19(27)22-20)11-17(25)23-9-13-5-8-16(21)15(13)10-23;/h3-4,6-7,13,15-16H,5,8-11,21H2,1-2H3,(H,22,27);1H. The third-order valence-electron chi connectivity index (χ3n) is 6.46. The summed E-state index contributed by atoms with van der Waals surface area (Å²) in [7, 11) is 0. The summed E-state index contributed by atoms with van der Waals surface area (Å²) < 4.78 is 0. The molecule has 0 aromatic heterocycles. The molecule has 4 rings (SSSR count). The molecule has 0 radical (unpaired) electrons. The van der Waals surface area contributed by atoms with Crippen molar-refractivity contribution in [1.29, 1.82) is 0 Å². The zero-order chi connectivity index (χ0) is 19.3. The first-order chi connectivity index (χ1) is 12.8. The number of nitrogens with zero attached hydrogens (tertiary/aromatic N) is 2. The lowest BCUT2D eigenvalue weighted by molar-refractivity contribution is -0.138. The van der Waals surface area contributed by atoms with Gasteiger partial charge in [-0.3, -0.25) is 14.5 Å². The smallest absolute Gasteiger partial charge is 0.325 e. The molecule has 0 spiro atoms. The van der Waals surface area contributed by atoms with Crippen molar-refractivity contribution >= 4 is 30.3 Å². The molecule has 2 saturated heterocycles. The maximum atomic E-state index is 13.0. The number of rotatable bonds is 3. The Labute approximate surface area is 171 Å². The molecular weight excluding hydrogens is 380 g/mol. The van der Waals surface area contributed by atoms with Gasteiger partial charge < -0.3 is 16.0 Å². The van der Waals surface area contributed by atoms with Gasteiger partial charge in [0.05, 0.1) is 0 Å². The second kappa shape index (κ2) is 7.37. The van der Waals surface area contributed by atoms with Gasteiger partial charge in [-0.1, -0.05) is 29.8 Å². The number of carbonyl (C=O) groups is 3. The second-order valence-corrected chi connectivity index (χ2v) is 8.28. The largest absolute Gasteiger partial charge is 0.341 e. The summed E-state index contributed by atoms with van der Waals surface area (Å²) in [6, 6.07) is 7.10. The minimum Gasteiger partial charge on any atom is -0.341 e. The number of carbonyl (C=O) groups excluding carboxylic acids is 3. The van der Waals surface area contributed by atoms with Crippen LogP contribution in [0.2, 0.25) is 0 Å². The number of halogens is 1. The first kappa shape index (κ1) is 20.6. The molecule has 1 aromatic carbocycles. The Kier molecular flexibility index (Phi) is 5.42. The Morgan fingerprint density at radius 3 is 2.54 bits per heavy atom. The van der Waals surface area contributed by atoms with Gasteiger partial charge in [0.1, 0.15) is 12.1 Å². The summed E-state index contributed by atoms with van der Waals surface area (Å²) in [6.45, 7) is 4.73. The van der Waals surface area contributed by atoms with Crippen LogP contribution in [0.5, 0.6) is 0 Å². The van der Waals surface area contributed by atoms with Crippen molar-refractivity contribution < 1.29 is 14.4 Å². The number of likely N-dealkylation sites (tertiary alicyclic amines) is 1. The maximum absolute atomic E-state index is 13.0. The monoisotopic (exact) mass is 406 g/mol. The zero-order valence-corrected chi connectivity index (χ0v) is 17.0. The van der Waals surface area contributed by atoms with Gasteiger partial charge in [0.15, 0.2) is 0 Å². The molecule has 1 saturated carbocycles. The highest BCUT2D eigenvalue weighted by Crippen LogP contribution is 2.37. The van der Waals surface area contributed by atoms with E-state index < -0.39 is 11.6 Å². The van der Waals surface area contributed by atoms with Crippen LogP contribution in [0, 0.1) is 18.8 Å². The van der Waals surface area contributed by atoms with Gasteiger partial charge in [-0.05, 0) is 44.1 Å². The molecule has 8 heteroatoms. The molecule has 1 aromatic rings. The SMILES string of the molecule is Cc1ccc(C2(C)NC(=O)N(CC(=O)N3CC4CCC(N)C4C3)C2=O)cc1.Cl. The van der Waals surface area contributed by atoms with Crippen LogP contribution in [0.3, 0.4) is 0 Å². The number of benzene rings is 1. The van der Waals surface area contributed by atoms with Crippen molar-refractivity contribution in [3.8, 4) is 0 Å². The van der Waals surface area contributed by atoms with Gasteiger partial charge in [-0.2, -0.15) is 0 Å². The van der Waals surface area contributed by atoms with Gasteiger partial charge in [0, 0.05) is 19.1 Å². The number of hydrogen-bond donors (Lipinski definition) is 2. The lowest BCUT2D eigenvalue weighted by Gasteiger charge is -2.24. The molecule has 0 bridgehead atoms. The Balaban J connectivity index is 0.00000225. The minimum absolute atomic E-state index is 0. The molecule has 4 atom stereocenters. The molecule has 1 aliphatic carbocycles. The fraction of sp³-hybridized carbons (Fsp3) is 0.550. The van der Waals surface area contributed by atoms with Crippen molar-refractivity contribution in [1.82, 2.24) is 15.1 Å². The van der Waals surface area contributed by atoms with Gasteiger partial charge >= 0.3 is 6.03 Å². The summed E-state index contributed by atoms with van der Waals surface area (Å²) in [5.41, 5.74) is 6.77. The fourth-order valence-electron chi connectivity index (χ4n) is 4.67. The maximum Gasteiger partial charge on any atom is 0.325 e. The topological polar surface area (TPSA) is 95.7 Å². The number of aryl methyl sites for hydroxylation is 1. The van der Waals surface area contributed by atoms with Crippen LogP contribution >= 0.6 is 12.4 Å². The highest BCUT2D eigenvalue weighted by molar-refractivity contribution is 6.09. The number of urea groups is 1. The first-order valence-corrected chi connectivity index (χ1v) is 9.54. The van der Waals surface area contributed by atoms with E-state index in [-0.39, 0.29) is 36.8 Å². The summed E-state index contributed by atoms with van der Waals surface area (Å²) in [6.07, 6.45) is 2.06. The molecule has 2 heterocycles. The van der Waals surface area contributed by atoms with Gasteiger partial charge in [-0.25, -0.2) is 4.79 Å². The normalized spacial score (nSPS) is 31.6. The van der Waals surface area contributed by atoms with Crippen molar-refractivity contribution in [2.75, 3.05) is 19.6 Å². The molecule has 7 nitrogen and oxygen atoms in total. The molecule has 28 heavy (non-hydrogen) atoms. The van der Waals surface area contributed by atoms with Crippen molar-refractivity contribution in [3.63, 3.8) is 0 Å². The van der Waals surface area contributed by atoms with Crippen LogP contribution in [-0.4, -0.2) is 53.3 Å². The van der Waals surface area contributed by atoms with Gasteiger partial charge in [0.2, 0.25) is 5.91 Å². The third-order valence-corrected chi connectivity index (χ3v) is 6.46. The summed E-state index contributed by atoms with van der Waals surface area (Å²) in [5.74, 6) is 0.216. The lowest BCUT2D eigenvalue weighted by Crippen LogP contribution is -2.44. The van der Waals surface area contributed by atoms with Crippen LogP contribution in [0.25, 0.3) is 0 Å². The van der Waals surface area contributed by atoms with Crippen molar-refractivity contribution in [3.05, 3.63) is 35.4 Å². The van der Waals surface area contributed by atoms with E-state index in [4.69, 9.17) is 5.73 Å². The Morgan fingerprint density at radius 2 is 1.89 bits per heavy atom. The molecule has 3 aliphatic rings. The number of fused-ring (bicyclic) bond motifs is 1. The average molecular weight is 407 g/mol. The van der Waals surface area contributed by atoms with E-state index >= 15 is 0 Å². The molecule has 152 valence electrons. The lowest BCUT2D eigenvalue weighted by atomic mass is 9.91. The zero-order valence-electron chi connectivity index (χ0n) is 16.2. The Bertz CT molecular complexity index is 799. The predicted molar refractivity (Wildman–Crippen MR) is 107 cm³/mol. The number of nitrogens with one attached hydrogen (secondary N) is 1. The Hall–Kier alpha value is -2.12. The van der Waals surface area contributed by atoms with Gasteiger partial charge in [0.25, 0.3) is 5.91 Å². The van der Waals surface area contributed by atoms with Crippen molar-refractivity contribution in [2.24, 2.45) is 17.6 Å². The number of imide groups is 1. The molecule has 4 amide bonds. The highest BCUT2D eigenvalue weighted by Gasteiger charge is 2.50. The summed E-state index contributed by atoms with van der Waals surface area (Å²) in [4.78, 5) is 40.9. The van der Waals surface area contributed by atoms with Crippen molar-refractivity contribution in [2.45, 2.75) is 38.3 Å². The van der Waals surface area contributed by atoms with Crippen LogP contribution in [-0.2, 0) is 15.1 Å². The number of hydrogen-bond acceptors (Lipinski definition) is 4. The summed E-state index contributed by atoms with van der Waals surface area (Å²) >= 11 is 0. The van der Waals surface area contributed by atoms with Crippen LogP contribution in [0.15, 0.2) is 24.3 Å². The fourth-order valence-corrected chi connectivity index (χ4v) is 4.67. The van der Waals surface area contributed by atoms with E-state index in [9.17, 15) is 14.4 Å². The number of nitrogens with two attached hydrogens (primary N) is 1. The van der Waals surface area contributed by atoms with E-state index in [1.165, 1.54) is 0 Å². The third kappa shape index (κ3) is 3.26. The predicted octanol–water partition coefficient (Wildman–Crippen LogP) is 1.38. The average Bonchev–Trinajstić information content (AvgIpc) is 3.26.